The second-order valence-corrected chi connectivity index (χ2v) is 5.70. The monoisotopic (exact) mass is 306 g/mol. The van der Waals surface area contributed by atoms with Gasteiger partial charge in [-0.15, -0.1) is 0 Å². The Labute approximate surface area is 124 Å². The molecular formula is C15H15FN2O4. The van der Waals surface area contributed by atoms with Crippen LogP contribution in [0.1, 0.15) is 43.7 Å². The Morgan fingerprint density at radius 2 is 2.23 bits per heavy atom. The van der Waals surface area contributed by atoms with Gasteiger partial charge in [0.25, 0.3) is 5.56 Å². The molecular weight excluding hydrogens is 291 g/mol. The molecule has 3 rings (SSSR count). The maximum atomic E-state index is 13.3. The number of Topliss-reactive ketones (excluding diaryl/α,β-unsaturated/α-hetero) is 1. The van der Waals surface area contributed by atoms with Crippen molar-refractivity contribution in [3.05, 3.63) is 38.2 Å². The number of hydrogen-bond donors (Lipinski definition) is 1. The van der Waals surface area contributed by atoms with Crippen LogP contribution in [0.3, 0.4) is 0 Å². The van der Waals surface area contributed by atoms with Crippen molar-refractivity contribution in [3.8, 4) is 0 Å². The Kier molecular flexibility index (Phi) is 3.64. The fourth-order valence-corrected chi connectivity index (χ4v) is 2.42. The lowest BCUT2D eigenvalue weighted by molar-refractivity contribution is -0.118. The van der Waals surface area contributed by atoms with Crippen molar-refractivity contribution >= 4 is 16.9 Å². The fraction of sp³-hybridized carbons (Fsp3) is 0.467. The van der Waals surface area contributed by atoms with Gasteiger partial charge in [0, 0.05) is 18.9 Å². The number of rotatable bonds is 5. The number of aromatic nitrogens is 2. The van der Waals surface area contributed by atoms with E-state index in [0.29, 0.717) is 12.3 Å². The number of H-pyrrole nitrogens is 1. The molecule has 0 saturated heterocycles. The summed E-state index contributed by atoms with van der Waals surface area (Å²) in [5, 5.41) is 0.0353. The summed E-state index contributed by atoms with van der Waals surface area (Å²) >= 11 is 0. The molecule has 0 bridgehead atoms. The van der Waals surface area contributed by atoms with E-state index in [1.54, 1.807) is 0 Å². The van der Waals surface area contributed by atoms with Gasteiger partial charge in [-0.05, 0) is 31.2 Å². The summed E-state index contributed by atoms with van der Waals surface area (Å²) in [5.74, 6) is 0.188. The molecule has 0 radical (unpaired) electrons. The van der Waals surface area contributed by atoms with Crippen LogP contribution in [0.15, 0.2) is 20.1 Å². The summed E-state index contributed by atoms with van der Waals surface area (Å²) in [7, 11) is 0. The number of nitrogens with one attached hydrogen (secondary N) is 1. The first kappa shape index (κ1) is 14.6. The average molecular weight is 306 g/mol. The fourth-order valence-electron chi connectivity index (χ4n) is 2.42. The third-order valence-corrected chi connectivity index (χ3v) is 3.69. The molecule has 1 saturated carbocycles. The van der Waals surface area contributed by atoms with Gasteiger partial charge in [0.1, 0.15) is 17.0 Å². The molecule has 0 spiro atoms. The van der Waals surface area contributed by atoms with E-state index >= 15 is 0 Å². The summed E-state index contributed by atoms with van der Waals surface area (Å²) < 4.78 is 18.2. The van der Waals surface area contributed by atoms with Crippen LogP contribution in [0, 0.1) is 5.92 Å². The zero-order chi connectivity index (χ0) is 15.9. The maximum Gasteiger partial charge on any atom is 0.337 e. The third kappa shape index (κ3) is 2.98. The largest absolute Gasteiger partial charge is 0.403 e. The molecule has 1 fully saturated rings. The molecule has 6 nitrogen and oxygen atoms in total. The zero-order valence-corrected chi connectivity index (χ0v) is 12.0. The molecule has 1 atom stereocenters. The first-order valence-electron chi connectivity index (χ1n) is 7.16. The number of carbonyl (C=O) groups excluding carboxylic acids is 1. The highest BCUT2D eigenvalue weighted by Crippen LogP contribution is 2.33. The van der Waals surface area contributed by atoms with E-state index in [9.17, 15) is 18.8 Å². The minimum atomic E-state index is -1.50. The van der Waals surface area contributed by atoms with Gasteiger partial charge < -0.3 is 9.40 Å². The number of alkyl halides is 1. The predicted octanol–water partition coefficient (Wildman–Crippen LogP) is 1.82. The van der Waals surface area contributed by atoms with Crippen LogP contribution in [0.5, 0.6) is 0 Å². The SMILES string of the molecule is CC(F)c1nc2oc(=O)cc(CC(=O)CC3CC3)c2c(=O)[nH]1. The number of halogens is 1. The zero-order valence-electron chi connectivity index (χ0n) is 12.0. The Hall–Kier alpha value is -2.31. The van der Waals surface area contributed by atoms with Crippen molar-refractivity contribution in [2.24, 2.45) is 5.92 Å². The smallest absolute Gasteiger partial charge is 0.337 e. The number of hydrogen-bond acceptors (Lipinski definition) is 5. The minimum absolute atomic E-state index is 0.0200. The van der Waals surface area contributed by atoms with Crippen LogP contribution in [-0.4, -0.2) is 15.8 Å². The van der Waals surface area contributed by atoms with Crippen LogP contribution in [0.4, 0.5) is 4.39 Å². The summed E-state index contributed by atoms with van der Waals surface area (Å²) in [6.45, 7) is 1.21. The summed E-state index contributed by atoms with van der Waals surface area (Å²) in [6.07, 6.45) is 1.02. The molecule has 2 aromatic rings. The second kappa shape index (κ2) is 5.47. The van der Waals surface area contributed by atoms with Gasteiger partial charge in [0.05, 0.1) is 0 Å². The van der Waals surface area contributed by atoms with Gasteiger partial charge in [0.15, 0.2) is 6.17 Å². The molecule has 2 heterocycles. The highest BCUT2D eigenvalue weighted by Gasteiger charge is 2.25. The lowest BCUT2D eigenvalue weighted by atomic mass is 10.0. The Balaban J connectivity index is 2.07. The van der Waals surface area contributed by atoms with Crippen molar-refractivity contribution in [3.63, 3.8) is 0 Å². The second-order valence-electron chi connectivity index (χ2n) is 5.70. The first-order chi connectivity index (χ1) is 10.4. The molecule has 2 aromatic heterocycles. The molecule has 1 unspecified atom stereocenters. The van der Waals surface area contributed by atoms with Gasteiger partial charge in [-0.3, -0.25) is 9.59 Å². The first-order valence-corrected chi connectivity index (χ1v) is 7.16. The molecule has 7 heteroatoms. The maximum absolute atomic E-state index is 13.3. The number of nitrogens with zero attached hydrogens (tertiary/aromatic N) is 1. The van der Waals surface area contributed by atoms with Crippen LogP contribution in [0.2, 0.25) is 0 Å². The number of aromatic amines is 1. The molecule has 116 valence electrons. The van der Waals surface area contributed by atoms with E-state index in [4.69, 9.17) is 4.42 Å². The van der Waals surface area contributed by atoms with E-state index in [-0.39, 0.29) is 34.7 Å². The van der Waals surface area contributed by atoms with Gasteiger partial charge in [-0.25, -0.2) is 9.18 Å². The molecule has 1 aliphatic carbocycles. The van der Waals surface area contributed by atoms with E-state index in [0.717, 1.165) is 18.9 Å². The topological polar surface area (TPSA) is 93.0 Å². The van der Waals surface area contributed by atoms with E-state index in [1.165, 1.54) is 6.92 Å². The van der Waals surface area contributed by atoms with Gasteiger partial charge in [0.2, 0.25) is 5.71 Å². The van der Waals surface area contributed by atoms with Crippen molar-refractivity contribution in [1.29, 1.82) is 0 Å². The van der Waals surface area contributed by atoms with Crippen molar-refractivity contribution < 1.29 is 13.6 Å². The third-order valence-electron chi connectivity index (χ3n) is 3.69. The highest BCUT2D eigenvalue weighted by atomic mass is 19.1. The van der Waals surface area contributed by atoms with Crippen LogP contribution in [-0.2, 0) is 11.2 Å². The lowest BCUT2D eigenvalue weighted by Crippen LogP contribution is -2.18. The van der Waals surface area contributed by atoms with E-state index < -0.39 is 17.4 Å². The Bertz CT molecular complexity index is 849. The highest BCUT2D eigenvalue weighted by molar-refractivity contribution is 5.86. The van der Waals surface area contributed by atoms with Crippen molar-refractivity contribution in [2.45, 2.75) is 38.8 Å². The number of ketones is 1. The Morgan fingerprint density at radius 1 is 1.50 bits per heavy atom. The van der Waals surface area contributed by atoms with Gasteiger partial charge in [-0.1, -0.05) is 0 Å². The van der Waals surface area contributed by atoms with Crippen LogP contribution in [0.25, 0.3) is 11.1 Å². The summed E-state index contributed by atoms with van der Waals surface area (Å²) in [4.78, 5) is 41.8. The summed E-state index contributed by atoms with van der Waals surface area (Å²) in [5.41, 5.74) is -1.27. The molecule has 0 aromatic carbocycles. The average Bonchev–Trinajstić information content (AvgIpc) is 3.20. The minimum Gasteiger partial charge on any atom is -0.403 e. The lowest BCUT2D eigenvalue weighted by Gasteiger charge is -2.06. The Morgan fingerprint density at radius 3 is 2.86 bits per heavy atom. The van der Waals surface area contributed by atoms with E-state index in [2.05, 4.69) is 9.97 Å². The number of carbonyl (C=O) groups is 1. The van der Waals surface area contributed by atoms with Gasteiger partial charge in [-0.2, -0.15) is 4.98 Å². The van der Waals surface area contributed by atoms with Crippen LogP contribution < -0.4 is 11.2 Å². The van der Waals surface area contributed by atoms with Crippen molar-refractivity contribution in [1.82, 2.24) is 9.97 Å². The van der Waals surface area contributed by atoms with Crippen molar-refractivity contribution in [2.75, 3.05) is 0 Å². The molecule has 0 amide bonds. The van der Waals surface area contributed by atoms with E-state index in [1.807, 2.05) is 0 Å². The normalized spacial score (nSPS) is 15.9. The standard InChI is InChI=1S/C15H15FN2O4/c1-7(16)13-17-14(21)12-9(5-10(19)4-8-2-3-8)6-11(20)22-15(12)18-13/h6-8H,2-5H2,1H3,(H,17,18,21). The molecule has 22 heavy (non-hydrogen) atoms. The molecule has 0 aliphatic heterocycles. The van der Waals surface area contributed by atoms with Crippen LogP contribution >= 0.6 is 0 Å². The predicted molar refractivity (Wildman–Crippen MR) is 76.5 cm³/mol. The van der Waals surface area contributed by atoms with Gasteiger partial charge >= 0.3 is 5.63 Å². The number of fused-ring (bicyclic) bond motifs is 1. The molecule has 1 aliphatic rings. The quantitative estimate of drug-likeness (QED) is 0.909. The molecule has 1 N–H and O–H groups in total. The summed E-state index contributed by atoms with van der Waals surface area (Å²) in [6, 6.07) is 1.13.